The second-order valence-corrected chi connectivity index (χ2v) is 3.78. The van der Waals surface area contributed by atoms with Crippen LogP contribution >= 0.6 is 0 Å². The Morgan fingerprint density at radius 1 is 1.35 bits per heavy atom. The Balaban J connectivity index is 2.49. The molecular formula is C12H13F2N3. The van der Waals surface area contributed by atoms with E-state index in [0.717, 1.165) is 18.0 Å². The molecule has 5 heteroatoms. The minimum atomic E-state index is -0.469. The second kappa shape index (κ2) is 4.63. The van der Waals surface area contributed by atoms with Gasteiger partial charge in [-0.05, 0) is 24.7 Å². The number of hydrogen-bond acceptors (Lipinski definition) is 2. The first kappa shape index (κ1) is 11.7. The lowest BCUT2D eigenvalue weighted by Gasteiger charge is -2.06. The van der Waals surface area contributed by atoms with Gasteiger partial charge in [0.05, 0.1) is 11.9 Å². The van der Waals surface area contributed by atoms with Gasteiger partial charge in [-0.3, -0.25) is 0 Å². The number of benzene rings is 1. The predicted molar refractivity (Wildman–Crippen MR) is 61.3 cm³/mol. The Bertz CT molecular complexity index is 535. The van der Waals surface area contributed by atoms with Crippen molar-refractivity contribution in [3.63, 3.8) is 0 Å². The SMILES string of the molecule is Cn1c(-c2cc(F)ccc2F)cnc1CCN. The van der Waals surface area contributed by atoms with Crippen LogP contribution in [0.5, 0.6) is 0 Å². The summed E-state index contributed by atoms with van der Waals surface area (Å²) in [6.07, 6.45) is 2.14. The maximum absolute atomic E-state index is 13.6. The summed E-state index contributed by atoms with van der Waals surface area (Å²) < 4.78 is 28.4. The van der Waals surface area contributed by atoms with Gasteiger partial charge in [-0.15, -0.1) is 0 Å². The molecule has 17 heavy (non-hydrogen) atoms. The fraction of sp³-hybridized carbons (Fsp3) is 0.250. The highest BCUT2D eigenvalue weighted by Crippen LogP contribution is 2.24. The molecule has 0 saturated carbocycles. The molecule has 0 unspecified atom stereocenters. The number of aromatic nitrogens is 2. The summed E-state index contributed by atoms with van der Waals surface area (Å²) in [5, 5.41) is 0. The Kier molecular flexibility index (Phi) is 3.19. The number of nitrogens with two attached hydrogens (primary N) is 1. The molecular weight excluding hydrogens is 224 g/mol. The van der Waals surface area contributed by atoms with Crippen LogP contribution in [-0.4, -0.2) is 16.1 Å². The van der Waals surface area contributed by atoms with E-state index in [4.69, 9.17) is 5.73 Å². The third kappa shape index (κ3) is 2.19. The lowest BCUT2D eigenvalue weighted by Crippen LogP contribution is -2.08. The summed E-state index contributed by atoms with van der Waals surface area (Å²) in [7, 11) is 1.76. The maximum atomic E-state index is 13.6. The summed E-state index contributed by atoms with van der Waals surface area (Å²) in [5.41, 5.74) is 6.20. The minimum Gasteiger partial charge on any atom is -0.331 e. The van der Waals surface area contributed by atoms with Crippen LogP contribution in [0.1, 0.15) is 5.82 Å². The first-order chi connectivity index (χ1) is 8.13. The Hall–Kier alpha value is -1.75. The largest absolute Gasteiger partial charge is 0.331 e. The average Bonchev–Trinajstić information content (AvgIpc) is 2.65. The summed E-state index contributed by atoms with van der Waals surface area (Å²) >= 11 is 0. The van der Waals surface area contributed by atoms with Crippen LogP contribution in [0.25, 0.3) is 11.3 Å². The van der Waals surface area contributed by atoms with Gasteiger partial charge in [0.15, 0.2) is 0 Å². The molecule has 0 aliphatic heterocycles. The molecule has 1 aromatic heterocycles. The predicted octanol–water partition coefficient (Wildman–Crippen LogP) is 1.87. The number of imidazole rings is 1. The highest BCUT2D eigenvalue weighted by Gasteiger charge is 2.12. The highest BCUT2D eigenvalue weighted by molar-refractivity contribution is 5.60. The third-order valence-corrected chi connectivity index (χ3v) is 2.66. The van der Waals surface area contributed by atoms with Gasteiger partial charge >= 0.3 is 0 Å². The van der Waals surface area contributed by atoms with Crippen molar-refractivity contribution in [3.8, 4) is 11.3 Å². The monoisotopic (exact) mass is 237 g/mol. The van der Waals surface area contributed by atoms with Gasteiger partial charge in [0.1, 0.15) is 17.5 Å². The first-order valence-corrected chi connectivity index (χ1v) is 5.29. The van der Waals surface area contributed by atoms with E-state index in [0.29, 0.717) is 18.7 Å². The molecule has 0 radical (unpaired) electrons. The number of halogens is 2. The molecule has 0 aliphatic carbocycles. The van der Waals surface area contributed by atoms with Gasteiger partial charge in [0.25, 0.3) is 0 Å². The van der Waals surface area contributed by atoms with Crippen molar-refractivity contribution in [2.45, 2.75) is 6.42 Å². The molecule has 90 valence electrons. The fourth-order valence-electron chi connectivity index (χ4n) is 1.75. The Morgan fingerprint density at radius 2 is 2.12 bits per heavy atom. The summed E-state index contributed by atoms with van der Waals surface area (Å²) in [5.74, 6) is -0.178. The fourth-order valence-corrected chi connectivity index (χ4v) is 1.75. The van der Waals surface area contributed by atoms with Gasteiger partial charge in [-0.2, -0.15) is 0 Å². The van der Waals surface area contributed by atoms with Crippen LogP contribution < -0.4 is 5.73 Å². The zero-order valence-electron chi connectivity index (χ0n) is 9.45. The molecule has 0 fully saturated rings. The summed E-state index contributed by atoms with van der Waals surface area (Å²) in [6, 6.07) is 3.37. The van der Waals surface area contributed by atoms with Crippen LogP contribution in [0.2, 0.25) is 0 Å². The molecule has 1 aromatic carbocycles. The van der Waals surface area contributed by atoms with Crippen molar-refractivity contribution in [2.24, 2.45) is 12.8 Å². The molecule has 0 saturated heterocycles. The Labute approximate surface area is 97.9 Å². The van der Waals surface area contributed by atoms with E-state index in [1.165, 1.54) is 12.3 Å². The third-order valence-electron chi connectivity index (χ3n) is 2.66. The van der Waals surface area contributed by atoms with E-state index in [-0.39, 0.29) is 5.56 Å². The van der Waals surface area contributed by atoms with Gasteiger partial charge in [0, 0.05) is 19.0 Å². The molecule has 0 atom stereocenters. The van der Waals surface area contributed by atoms with E-state index in [9.17, 15) is 8.78 Å². The zero-order chi connectivity index (χ0) is 12.4. The lowest BCUT2D eigenvalue weighted by molar-refractivity contribution is 0.601. The van der Waals surface area contributed by atoms with E-state index < -0.39 is 11.6 Å². The summed E-state index contributed by atoms with van der Waals surface area (Å²) in [4.78, 5) is 4.15. The van der Waals surface area contributed by atoms with Crippen molar-refractivity contribution in [1.29, 1.82) is 0 Å². The molecule has 3 nitrogen and oxygen atoms in total. The minimum absolute atomic E-state index is 0.211. The standard InChI is InChI=1S/C12H13F2N3/c1-17-11(7-16-12(17)4-5-15)9-6-8(13)2-3-10(9)14/h2-3,6-7H,4-5,15H2,1H3. The smallest absolute Gasteiger partial charge is 0.132 e. The number of rotatable bonds is 3. The maximum Gasteiger partial charge on any atom is 0.132 e. The molecule has 0 spiro atoms. The van der Waals surface area contributed by atoms with Crippen LogP contribution in [0.4, 0.5) is 8.78 Å². The highest BCUT2D eigenvalue weighted by atomic mass is 19.1. The van der Waals surface area contributed by atoms with Gasteiger partial charge in [-0.25, -0.2) is 13.8 Å². The van der Waals surface area contributed by atoms with Crippen molar-refractivity contribution in [1.82, 2.24) is 9.55 Å². The molecule has 0 amide bonds. The quantitative estimate of drug-likeness (QED) is 0.885. The molecule has 2 aromatic rings. The number of nitrogens with zero attached hydrogens (tertiary/aromatic N) is 2. The first-order valence-electron chi connectivity index (χ1n) is 5.29. The normalized spacial score (nSPS) is 10.8. The number of hydrogen-bond donors (Lipinski definition) is 1. The average molecular weight is 237 g/mol. The van der Waals surface area contributed by atoms with Gasteiger partial charge in [0.2, 0.25) is 0 Å². The lowest BCUT2D eigenvalue weighted by atomic mass is 10.1. The van der Waals surface area contributed by atoms with E-state index in [1.807, 2.05) is 0 Å². The summed E-state index contributed by atoms with van der Waals surface area (Å²) in [6.45, 7) is 0.468. The zero-order valence-corrected chi connectivity index (χ0v) is 9.45. The molecule has 0 bridgehead atoms. The van der Waals surface area contributed by atoms with Crippen LogP contribution in [0.15, 0.2) is 24.4 Å². The van der Waals surface area contributed by atoms with Crippen molar-refractivity contribution in [3.05, 3.63) is 41.9 Å². The van der Waals surface area contributed by atoms with Crippen LogP contribution in [0, 0.1) is 11.6 Å². The van der Waals surface area contributed by atoms with Crippen molar-refractivity contribution in [2.75, 3.05) is 6.54 Å². The molecule has 2 rings (SSSR count). The van der Waals surface area contributed by atoms with E-state index in [1.54, 1.807) is 11.6 Å². The van der Waals surface area contributed by atoms with Crippen molar-refractivity contribution < 1.29 is 8.78 Å². The molecule has 1 heterocycles. The van der Waals surface area contributed by atoms with E-state index in [2.05, 4.69) is 4.98 Å². The van der Waals surface area contributed by atoms with Gasteiger partial charge < -0.3 is 10.3 Å². The van der Waals surface area contributed by atoms with Crippen LogP contribution in [-0.2, 0) is 13.5 Å². The Morgan fingerprint density at radius 3 is 2.82 bits per heavy atom. The second-order valence-electron chi connectivity index (χ2n) is 3.78. The van der Waals surface area contributed by atoms with Crippen molar-refractivity contribution >= 4 is 0 Å². The molecule has 2 N–H and O–H groups in total. The van der Waals surface area contributed by atoms with E-state index >= 15 is 0 Å². The topological polar surface area (TPSA) is 43.8 Å². The van der Waals surface area contributed by atoms with Gasteiger partial charge in [-0.1, -0.05) is 0 Å². The molecule has 0 aliphatic rings. The van der Waals surface area contributed by atoms with Crippen LogP contribution in [0.3, 0.4) is 0 Å².